The summed E-state index contributed by atoms with van der Waals surface area (Å²) >= 11 is 0. The highest BCUT2D eigenvalue weighted by Gasteiger charge is 2.58. The van der Waals surface area contributed by atoms with Crippen LogP contribution in [0.2, 0.25) is 0 Å². The first kappa shape index (κ1) is 26.6. The summed E-state index contributed by atoms with van der Waals surface area (Å²) in [5, 5.41) is 0. The first-order valence-electron chi connectivity index (χ1n) is 8.35. The van der Waals surface area contributed by atoms with E-state index in [-0.39, 0.29) is 0 Å². The van der Waals surface area contributed by atoms with E-state index in [1.54, 1.807) is 0 Å². The Bertz CT molecular complexity index is 809. The zero-order chi connectivity index (χ0) is 24.1. The molecule has 1 fully saturated rings. The van der Waals surface area contributed by atoms with Gasteiger partial charge in [0.25, 0.3) is 0 Å². The molecule has 0 aliphatic carbocycles. The van der Waals surface area contributed by atoms with Crippen molar-refractivity contribution in [3.63, 3.8) is 0 Å². The molecule has 0 spiro atoms. The molecule has 0 unspecified atom stereocenters. The van der Waals surface area contributed by atoms with Crippen LogP contribution in [0.1, 0.15) is 27.7 Å². The molecular weight excluding hydrogens is 461 g/mol. The largest absolute Gasteiger partial charge is 0.523 e. The molecule has 0 aromatic heterocycles. The molecule has 1 aliphatic rings. The Labute approximate surface area is 174 Å². The fraction of sp³-hybridized carbons (Fsp3) is 0.733. The van der Waals surface area contributed by atoms with Gasteiger partial charge in [0, 0.05) is 27.7 Å². The van der Waals surface area contributed by atoms with Gasteiger partial charge in [-0.3, -0.25) is 19.2 Å². The van der Waals surface area contributed by atoms with Crippen molar-refractivity contribution >= 4 is 34.0 Å². The first-order chi connectivity index (χ1) is 14.0. The van der Waals surface area contributed by atoms with Gasteiger partial charge in [-0.1, -0.05) is 0 Å². The van der Waals surface area contributed by atoms with E-state index < -0.39 is 76.8 Å². The predicted octanol–water partition coefficient (Wildman–Crippen LogP) is -0.0643. The average Bonchev–Trinajstić information content (AvgIpc) is 2.56. The third-order valence-electron chi connectivity index (χ3n) is 3.45. The molecule has 178 valence electrons. The summed E-state index contributed by atoms with van der Waals surface area (Å²) in [6.07, 6.45) is -10.0. The van der Waals surface area contributed by atoms with Gasteiger partial charge in [-0.05, 0) is 0 Å². The molecule has 1 rings (SSSR count). The van der Waals surface area contributed by atoms with Crippen LogP contribution in [0.15, 0.2) is 0 Å². The number of rotatable bonds is 7. The van der Waals surface area contributed by atoms with Crippen molar-refractivity contribution in [2.45, 2.75) is 63.9 Å². The topological polar surface area (TPSA) is 158 Å². The number of carbonyl (C=O) groups excluding carboxylic acids is 4. The summed E-state index contributed by atoms with van der Waals surface area (Å²) < 4.78 is 90.1. The van der Waals surface area contributed by atoms with E-state index in [2.05, 4.69) is 8.92 Å². The van der Waals surface area contributed by atoms with E-state index in [1.165, 1.54) is 0 Å². The Balaban J connectivity index is 3.50. The lowest BCUT2D eigenvalue weighted by atomic mass is 9.98. The molecular formula is C15H19F3O12S. The van der Waals surface area contributed by atoms with Crippen LogP contribution < -0.4 is 0 Å². The van der Waals surface area contributed by atoms with Gasteiger partial charge in [0.05, 0.1) is 0 Å². The summed E-state index contributed by atoms with van der Waals surface area (Å²) in [5.74, 6) is -4.16. The van der Waals surface area contributed by atoms with Gasteiger partial charge >= 0.3 is 39.5 Å². The minimum absolute atomic E-state index is 0.693. The van der Waals surface area contributed by atoms with Gasteiger partial charge in [0.15, 0.2) is 18.3 Å². The van der Waals surface area contributed by atoms with Crippen LogP contribution in [-0.2, 0) is 57.2 Å². The third-order valence-corrected chi connectivity index (χ3v) is 4.49. The second-order valence-electron chi connectivity index (χ2n) is 6.06. The van der Waals surface area contributed by atoms with Gasteiger partial charge in [-0.25, -0.2) is 4.18 Å². The van der Waals surface area contributed by atoms with Crippen LogP contribution in [-0.4, -0.2) is 75.1 Å². The molecule has 31 heavy (non-hydrogen) atoms. The highest BCUT2D eigenvalue weighted by molar-refractivity contribution is 7.87. The van der Waals surface area contributed by atoms with Crippen molar-refractivity contribution in [1.82, 2.24) is 0 Å². The Hall–Kier alpha value is -2.46. The third kappa shape index (κ3) is 7.62. The Morgan fingerprint density at radius 2 is 1.29 bits per heavy atom. The monoisotopic (exact) mass is 480 g/mol. The van der Waals surface area contributed by atoms with Crippen LogP contribution in [0, 0.1) is 0 Å². The number of ether oxygens (including phenoxy) is 5. The second kappa shape index (κ2) is 10.2. The van der Waals surface area contributed by atoms with E-state index in [4.69, 9.17) is 18.9 Å². The van der Waals surface area contributed by atoms with Gasteiger partial charge in [-0.2, -0.15) is 21.6 Å². The lowest BCUT2D eigenvalue weighted by Crippen LogP contribution is -2.63. The maximum Gasteiger partial charge on any atom is 0.523 e. The summed E-state index contributed by atoms with van der Waals surface area (Å²) in [5.41, 5.74) is -5.90. The fourth-order valence-corrected chi connectivity index (χ4v) is 3.04. The van der Waals surface area contributed by atoms with E-state index in [9.17, 15) is 40.8 Å². The summed E-state index contributed by atoms with van der Waals surface area (Å²) in [4.78, 5) is 45.5. The lowest BCUT2D eigenvalue weighted by Gasteiger charge is -2.43. The van der Waals surface area contributed by atoms with Gasteiger partial charge < -0.3 is 23.7 Å². The zero-order valence-corrected chi connectivity index (χ0v) is 17.4. The molecule has 0 saturated carbocycles. The highest BCUT2D eigenvalue weighted by Crippen LogP contribution is 2.34. The van der Waals surface area contributed by atoms with Gasteiger partial charge in [0.1, 0.15) is 12.7 Å². The normalized spacial score (nSPS) is 26.5. The maximum atomic E-state index is 12.8. The molecule has 0 aromatic carbocycles. The van der Waals surface area contributed by atoms with Crippen molar-refractivity contribution in [3.8, 4) is 0 Å². The lowest BCUT2D eigenvalue weighted by molar-refractivity contribution is -0.292. The quantitative estimate of drug-likeness (QED) is 0.207. The smallest absolute Gasteiger partial charge is 0.463 e. The Morgan fingerprint density at radius 3 is 1.71 bits per heavy atom. The standard InChI is InChI=1S/C15H19F3O12S/c1-6(19)25-5-10-11(26-7(2)20)12(27-8(3)21)13(14(29-10)28-9(4)22)30-31(23,24)15(16,17)18/h10-14H,5H2,1-4H3/t10-,11+,12+,13-,14+/m1/s1. The van der Waals surface area contributed by atoms with Crippen LogP contribution in [0.4, 0.5) is 13.2 Å². The minimum atomic E-state index is -6.32. The van der Waals surface area contributed by atoms with E-state index >= 15 is 0 Å². The number of alkyl halides is 3. The van der Waals surface area contributed by atoms with Crippen molar-refractivity contribution in [1.29, 1.82) is 0 Å². The molecule has 0 bridgehead atoms. The Kier molecular flexibility index (Phi) is 8.77. The highest BCUT2D eigenvalue weighted by atomic mass is 32.2. The number of carbonyl (C=O) groups is 4. The van der Waals surface area contributed by atoms with Crippen LogP contribution in [0.3, 0.4) is 0 Å². The van der Waals surface area contributed by atoms with Crippen molar-refractivity contribution in [2.24, 2.45) is 0 Å². The fourth-order valence-electron chi connectivity index (χ4n) is 2.43. The molecule has 16 heteroatoms. The van der Waals surface area contributed by atoms with E-state index in [0.717, 1.165) is 27.7 Å². The Morgan fingerprint density at radius 1 is 0.806 bits per heavy atom. The number of halogens is 3. The number of hydrogen-bond donors (Lipinski definition) is 0. The number of esters is 4. The molecule has 0 N–H and O–H groups in total. The van der Waals surface area contributed by atoms with E-state index in [1.807, 2.05) is 0 Å². The summed E-state index contributed by atoms with van der Waals surface area (Å²) in [7, 11) is -6.32. The van der Waals surface area contributed by atoms with Crippen LogP contribution in [0.25, 0.3) is 0 Å². The summed E-state index contributed by atoms with van der Waals surface area (Å²) in [6, 6.07) is 0. The molecule has 12 nitrogen and oxygen atoms in total. The molecule has 0 radical (unpaired) electrons. The predicted molar refractivity (Wildman–Crippen MR) is 88.0 cm³/mol. The van der Waals surface area contributed by atoms with Crippen molar-refractivity contribution in [3.05, 3.63) is 0 Å². The van der Waals surface area contributed by atoms with Crippen molar-refractivity contribution < 1.29 is 68.6 Å². The van der Waals surface area contributed by atoms with Crippen LogP contribution in [0.5, 0.6) is 0 Å². The SMILES string of the molecule is CC(=O)OC[C@H]1O[C@H](OC(C)=O)[C@H](OS(=O)(=O)C(F)(F)F)[C@@H](OC(C)=O)[C@H]1OC(C)=O. The van der Waals surface area contributed by atoms with Gasteiger partial charge in [-0.15, -0.1) is 0 Å². The second-order valence-corrected chi connectivity index (χ2v) is 7.63. The molecule has 1 saturated heterocycles. The van der Waals surface area contributed by atoms with Gasteiger partial charge in [0.2, 0.25) is 6.29 Å². The first-order valence-corrected chi connectivity index (χ1v) is 9.76. The molecule has 1 aliphatic heterocycles. The molecule has 1 heterocycles. The maximum absolute atomic E-state index is 12.8. The average molecular weight is 480 g/mol. The minimum Gasteiger partial charge on any atom is -0.463 e. The number of hydrogen-bond acceptors (Lipinski definition) is 12. The summed E-state index contributed by atoms with van der Waals surface area (Å²) in [6.45, 7) is 2.82. The zero-order valence-electron chi connectivity index (χ0n) is 16.5. The van der Waals surface area contributed by atoms with E-state index in [0.29, 0.717) is 0 Å². The molecule has 0 amide bonds. The molecule has 5 atom stereocenters. The van der Waals surface area contributed by atoms with Crippen LogP contribution >= 0.6 is 0 Å². The molecule has 0 aromatic rings. The van der Waals surface area contributed by atoms with Crippen molar-refractivity contribution in [2.75, 3.05) is 6.61 Å².